The van der Waals surface area contributed by atoms with Crippen molar-refractivity contribution in [1.82, 2.24) is 0 Å². The molecule has 0 fully saturated rings. The van der Waals surface area contributed by atoms with E-state index < -0.39 is 16.7 Å². The summed E-state index contributed by atoms with van der Waals surface area (Å²) in [6.07, 6.45) is 0.856. The van der Waals surface area contributed by atoms with Gasteiger partial charge in [0.25, 0.3) is 0 Å². The molecule has 1 unspecified atom stereocenters. The Morgan fingerprint density at radius 1 is 1.50 bits per heavy atom. The largest absolute Gasteiger partial charge is 0.639 e. The van der Waals surface area contributed by atoms with E-state index in [1.165, 1.54) is 0 Å². The molecule has 0 amide bonds. The fourth-order valence-electron chi connectivity index (χ4n) is 0.135. The SMILES string of the molecule is CO[P+](=O)S(C)(=O)=O. The zero-order chi connectivity index (χ0) is 6.78. The maximum Gasteiger partial charge on any atom is 0.639 e. The van der Waals surface area contributed by atoms with Crippen molar-refractivity contribution in [1.29, 1.82) is 0 Å². The molecular weight excluding hydrogens is 151 g/mol. The van der Waals surface area contributed by atoms with Crippen molar-refractivity contribution in [3.63, 3.8) is 0 Å². The molecule has 0 aromatic carbocycles. The van der Waals surface area contributed by atoms with Crippen molar-refractivity contribution >= 4 is 16.7 Å². The normalized spacial score (nSPS) is 13.5. The van der Waals surface area contributed by atoms with E-state index in [-0.39, 0.29) is 0 Å². The molecule has 0 bridgehead atoms. The molecule has 0 spiro atoms. The minimum Gasteiger partial charge on any atom is -0.176 e. The molecule has 0 N–H and O–H groups in total. The van der Waals surface area contributed by atoms with Crippen molar-refractivity contribution in [2.45, 2.75) is 0 Å². The zero-order valence-corrected chi connectivity index (χ0v) is 6.20. The van der Waals surface area contributed by atoms with Crippen LogP contribution in [0.15, 0.2) is 0 Å². The minimum atomic E-state index is -3.47. The molecule has 1 atom stereocenters. The summed E-state index contributed by atoms with van der Waals surface area (Å²) in [7, 11) is -4.88. The summed E-state index contributed by atoms with van der Waals surface area (Å²) >= 11 is 0. The number of hydrogen-bond acceptors (Lipinski definition) is 4. The molecule has 0 saturated carbocycles. The first-order chi connectivity index (χ1) is 3.48. The second-order valence-corrected chi connectivity index (χ2v) is 6.30. The Hall–Kier alpha value is 0.01000. The Morgan fingerprint density at radius 2 is 1.88 bits per heavy atom. The molecule has 0 saturated heterocycles. The molecule has 0 rings (SSSR count). The van der Waals surface area contributed by atoms with Crippen molar-refractivity contribution in [3.05, 3.63) is 0 Å². The molecule has 0 radical (unpaired) electrons. The van der Waals surface area contributed by atoms with Crippen molar-refractivity contribution in [2.75, 3.05) is 13.4 Å². The molecular formula is C2H6O4PS+. The fraction of sp³-hybridized carbons (Fsp3) is 1.00. The molecule has 0 aromatic heterocycles. The quantitative estimate of drug-likeness (QED) is 0.542. The Kier molecular flexibility index (Phi) is 2.53. The van der Waals surface area contributed by atoms with Crippen LogP contribution in [-0.4, -0.2) is 21.8 Å². The third kappa shape index (κ3) is 2.35. The van der Waals surface area contributed by atoms with Crippen molar-refractivity contribution < 1.29 is 17.5 Å². The molecule has 0 aliphatic heterocycles. The van der Waals surface area contributed by atoms with Gasteiger partial charge in [-0.05, 0) is 4.57 Å². The van der Waals surface area contributed by atoms with Gasteiger partial charge in [-0.1, -0.05) is 0 Å². The highest BCUT2D eigenvalue weighted by Crippen LogP contribution is 2.27. The predicted molar refractivity (Wildman–Crippen MR) is 29.5 cm³/mol. The van der Waals surface area contributed by atoms with E-state index in [0.29, 0.717) is 0 Å². The van der Waals surface area contributed by atoms with Crippen molar-refractivity contribution in [3.8, 4) is 0 Å². The summed E-state index contributed by atoms with van der Waals surface area (Å²) in [6.45, 7) is 0. The van der Waals surface area contributed by atoms with Crippen LogP contribution in [0.3, 0.4) is 0 Å². The first kappa shape index (κ1) is 8.01. The Labute approximate surface area is 48.4 Å². The van der Waals surface area contributed by atoms with Crippen LogP contribution in [0, 0.1) is 0 Å². The highest BCUT2D eigenvalue weighted by molar-refractivity contribution is 8.44. The van der Waals surface area contributed by atoms with E-state index in [2.05, 4.69) is 4.52 Å². The molecule has 0 aliphatic carbocycles. The molecule has 0 aliphatic rings. The van der Waals surface area contributed by atoms with Crippen LogP contribution in [0.25, 0.3) is 0 Å². The van der Waals surface area contributed by atoms with Crippen LogP contribution < -0.4 is 0 Å². The standard InChI is InChI=1S/C2H6O4PS/c1-6-7(3)8(2,4)5/h1-2H3/q+1. The van der Waals surface area contributed by atoms with E-state index in [9.17, 15) is 13.0 Å². The van der Waals surface area contributed by atoms with Gasteiger partial charge >= 0.3 is 16.7 Å². The predicted octanol–water partition coefficient (Wildman–Crippen LogP) is 0.335. The molecule has 0 aromatic rings. The summed E-state index contributed by atoms with van der Waals surface area (Å²) in [5.74, 6) is 0. The smallest absolute Gasteiger partial charge is 0.176 e. The minimum absolute atomic E-state index is 0.856. The lowest BCUT2D eigenvalue weighted by atomic mass is 11.8. The lowest BCUT2D eigenvalue weighted by Gasteiger charge is -1.72. The highest BCUT2D eigenvalue weighted by Gasteiger charge is 2.30. The van der Waals surface area contributed by atoms with E-state index >= 15 is 0 Å². The Morgan fingerprint density at radius 3 is 1.88 bits per heavy atom. The lowest BCUT2D eigenvalue weighted by Crippen LogP contribution is -1.87. The van der Waals surface area contributed by atoms with E-state index in [1.807, 2.05) is 0 Å². The first-order valence-electron chi connectivity index (χ1n) is 1.70. The van der Waals surface area contributed by atoms with Crippen LogP contribution >= 0.6 is 7.23 Å². The van der Waals surface area contributed by atoms with Gasteiger partial charge in [0.05, 0.1) is 13.4 Å². The summed E-state index contributed by atoms with van der Waals surface area (Å²) in [5, 5.41) is 0. The van der Waals surface area contributed by atoms with Crippen LogP contribution in [0.4, 0.5) is 0 Å². The Balaban J connectivity index is 4.29. The topological polar surface area (TPSA) is 60.4 Å². The van der Waals surface area contributed by atoms with E-state index in [4.69, 9.17) is 0 Å². The maximum absolute atomic E-state index is 10.2. The summed E-state index contributed by atoms with van der Waals surface area (Å²) in [4.78, 5) is 0. The van der Waals surface area contributed by atoms with Gasteiger partial charge in [-0.2, -0.15) is 8.42 Å². The maximum atomic E-state index is 10.2. The summed E-state index contributed by atoms with van der Waals surface area (Å²) < 4.78 is 34.5. The third-order valence-corrected chi connectivity index (χ3v) is 3.33. The van der Waals surface area contributed by atoms with E-state index in [0.717, 1.165) is 13.4 Å². The average molecular weight is 157 g/mol. The number of hydrogen-bond donors (Lipinski definition) is 0. The molecule has 0 heterocycles. The average Bonchev–Trinajstić information content (AvgIpc) is 1.62. The van der Waals surface area contributed by atoms with Gasteiger partial charge in [-0.25, -0.2) is 0 Å². The van der Waals surface area contributed by atoms with Crippen LogP contribution in [-0.2, 0) is 18.5 Å². The molecule has 48 valence electrons. The molecule has 6 heteroatoms. The Bertz CT molecular complexity index is 180. The van der Waals surface area contributed by atoms with Gasteiger partial charge in [-0.15, -0.1) is 4.52 Å². The van der Waals surface area contributed by atoms with Gasteiger partial charge in [-0.3, -0.25) is 0 Å². The lowest BCUT2D eigenvalue weighted by molar-refractivity contribution is 0.424. The molecule has 8 heavy (non-hydrogen) atoms. The van der Waals surface area contributed by atoms with Gasteiger partial charge in [0.15, 0.2) is 0 Å². The second-order valence-electron chi connectivity index (χ2n) is 1.14. The fourth-order valence-corrected chi connectivity index (χ4v) is 1.22. The number of rotatable bonds is 2. The van der Waals surface area contributed by atoms with Crippen LogP contribution in [0.2, 0.25) is 0 Å². The van der Waals surface area contributed by atoms with E-state index in [1.54, 1.807) is 0 Å². The molecule has 4 nitrogen and oxygen atoms in total. The van der Waals surface area contributed by atoms with Crippen molar-refractivity contribution in [2.24, 2.45) is 0 Å². The van der Waals surface area contributed by atoms with Gasteiger partial charge in [0.2, 0.25) is 0 Å². The highest BCUT2D eigenvalue weighted by atomic mass is 32.8. The van der Waals surface area contributed by atoms with Crippen LogP contribution in [0.1, 0.15) is 0 Å². The first-order valence-corrected chi connectivity index (χ1v) is 5.37. The monoisotopic (exact) mass is 157 g/mol. The second kappa shape index (κ2) is 2.53. The summed E-state index contributed by atoms with van der Waals surface area (Å²) in [5.41, 5.74) is 0. The summed E-state index contributed by atoms with van der Waals surface area (Å²) in [6, 6.07) is 0. The third-order valence-electron chi connectivity index (χ3n) is 0.420. The zero-order valence-electron chi connectivity index (χ0n) is 4.49. The van der Waals surface area contributed by atoms with Gasteiger partial charge in [0.1, 0.15) is 0 Å². The van der Waals surface area contributed by atoms with Crippen LogP contribution in [0.5, 0.6) is 0 Å². The van der Waals surface area contributed by atoms with Gasteiger partial charge < -0.3 is 0 Å². The van der Waals surface area contributed by atoms with Gasteiger partial charge in [0, 0.05) is 0 Å².